The topological polar surface area (TPSA) is 9.72 Å². The zero-order valence-corrected chi connectivity index (χ0v) is 59.5. The fourth-order valence-corrected chi connectivity index (χ4v) is 18.6. The van der Waals surface area contributed by atoms with Gasteiger partial charge in [-0.15, -0.1) is 0 Å². The molecule has 91 heavy (non-hydrogen) atoms. The zero-order valence-electron chi connectivity index (χ0n) is 59.5. The lowest BCUT2D eigenvalue weighted by Crippen LogP contribution is -2.62. The summed E-state index contributed by atoms with van der Waals surface area (Å²) in [6.45, 7) is 54.1. The van der Waals surface area contributed by atoms with E-state index in [0.29, 0.717) is 0 Å². The molecule has 4 heteroatoms. The maximum Gasteiger partial charge on any atom is 0.252 e. The molecule has 0 saturated carbocycles. The van der Waals surface area contributed by atoms with E-state index < -0.39 is 0 Å². The highest BCUT2D eigenvalue weighted by molar-refractivity contribution is 7.00. The van der Waals surface area contributed by atoms with Gasteiger partial charge in [0.25, 0.3) is 6.71 Å². The van der Waals surface area contributed by atoms with Gasteiger partial charge < -0.3 is 14.7 Å². The van der Waals surface area contributed by atoms with Crippen LogP contribution in [0, 0.1) is 0 Å². The number of hydrogen-bond donors (Lipinski definition) is 0. The first-order valence-corrected chi connectivity index (χ1v) is 35.0. The molecule has 8 aromatic rings. The minimum Gasteiger partial charge on any atom is -0.311 e. The van der Waals surface area contributed by atoms with Crippen molar-refractivity contribution in [2.24, 2.45) is 0 Å². The van der Waals surface area contributed by atoms with Crippen LogP contribution in [0.15, 0.2) is 133 Å². The molecule has 0 radical (unpaired) electrons. The molecule has 0 spiro atoms. The van der Waals surface area contributed by atoms with E-state index in [4.69, 9.17) is 0 Å². The average Bonchev–Trinajstić information content (AvgIpc) is 0.669. The van der Waals surface area contributed by atoms with Crippen LogP contribution in [0.25, 0.3) is 11.1 Å². The van der Waals surface area contributed by atoms with E-state index in [0.717, 1.165) is 42.7 Å². The average molecular weight is 1200 g/mol. The lowest BCUT2D eigenvalue weighted by Gasteiger charge is -2.52. The van der Waals surface area contributed by atoms with Crippen LogP contribution in [0.4, 0.5) is 51.2 Å². The molecule has 0 aromatic heterocycles. The van der Waals surface area contributed by atoms with Gasteiger partial charge >= 0.3 is 0 Å². The maximum absolute atomic E-state index is 2.87. The van der Waals surface area contributed by atoms with Gasteiger partial charge in [-0.3, -0.25) is 0 Å². The highest BCUT2D eigenvalue weighted by Crippen LogP contribution is 2.64. The van der Waals surface area contributed by atoms with Crippen LogP contribution in [-0.4, -0.2) is 6.71 Å². The van der Waals surface area contributed by atoms with Gasteiger partial charge in [-0.1, -0.05) is 225 Å². The van der Waals surface area contributed by atoms with Crippen LogP contribution in [0.2, 0.25) is 0 Å². The van der Waals surface area contributed by atoms with Gasteiger partial charge in [-0.25, -0.2) is 0 Å². The fraction of sp³-hybridized carbons (Fsp3) is 0.448. The van der Waals surface area contributed by atoms with Crippen molar-refractivity contribution in [2.75, 3.05) is 14.7 Å². The molecule has 468 valence electrons. The summed E-state index contributed by atoms with van der Waals surface area (Å²) in [5, 5.41) is 0. The molecule has 4 aliphatic carbocycles. The lowest BCUT2D eigenvalue weighted by molar-refractivity contribution is 0.331. The second-order valence-electron chi connectivity index (χ2n) is 36.6. The molecule has 2 atom stereocenters. The first kappa shape index (κ1) is 60.5. The first-order valence-electron chi connectivity index (χ1n) is 35.0. The predicted molar refractivity (Wildman–Crippen MR) is 393 cm³/mol. The Hall–Kier alpha value is -6.78. The highest BCUT2D eigenvalue weighted by Gasteiger charge is 2.53. The number of anilines is 9. The van der Waals surface area contributed by atoms with Crippen molar-refractivity contribution in [3.05, 3.63) is 200 Å². The molecule has 3 aliphatic heterocycles. The molecule has 3 nitrogen and oxygen atoms in total. The number of rotatable bonds is 4. The molecule has 3 heterocycles. The van der Waals surface area contributed by atoms with E-state index >= 15 is 0 Å². The van der Waals surface area contributed by atoms with E-state index in [2.05, 4.69) is 300 Å². The van der Waals surface area contributed by atoms with Gasteiger partial charge in [0.2, 0.25) is 0 Å². The van der Waals surface area contributed by atoms with Crippen LogP contribution < -0.4 is 31.1 Å². The minimum atomic E-state index is -0.0422. The summed E-state index contributed by atoms with van der Waals surface area (Å²) in [6, 6.07) is 55.6. The van der Waals surface area contributed by atoms with E-state index in [9.17, 15) is 0 Å². The van der Waals surface area contributed by atoms with Gasteiger partial charge in [-0.05, 0) is 248 Å². The summed E-state index contributed by atoms with van der Waals surface area (Å²) >= 11 is 0. The van der Waals surface area contributed by atoms with Crippen molar-refractivity contribution in [3.8, 4) is 11.1 Å². The van der Waals surface area contributed by atoms with Gasteiger partial charge in [0.1, 0.15) is 0 Å². The highest BCUT2D eigenvalue weighted by atomic mass is 15.2. The van der Waals surface area contributed by atoms with Crippen LogP contribution in [0.3, 0.4) is 0 Å². The quantitative estimate of drug-likeness (QED) is 0.163. The number of fused-ring (bicyclic) bond motifs is 12. The fourth-order valence-electron chi connectivity index (χ4n) is 18.6. The summed E-state index contributed by atoms with van der Waals surface area (Å²) in [4.78, 5) is 8.26. The van der Waals surface area contributed by atoms with Crippen molar-refractivity contribution in [1.29, 1.82) is 0 Å². The number of hydrogen-bond acceptors (Lipinski definition) is 3. The molecule has 0 saturated heterocycles. The molecule has 0 amide bonds. The largest absolute Gasteiger partial charge is 0.311 e. The molecular formula is C87H102BN3. The first-order chi connectivity index (χ1) is 42.4. The normalized spacial score (nSPS) is 21.1. The van der Waals surface area contributed by atoms with Gasteiger partial charge in [0.15, 0.2) is 0 Å². The van der Waals surface area contributed by atoms with Crippen molar-refractivity contribution >= 4 is 74.3 Å². The monoisotopic (exact) mass is 1200 g/mol. The summed E-state index contributed by atoms with van der Waals surface area (Å²) in [6.07, 6.45) is 6.97. The molecule has 8 aromatic carbocycles. The SMILES string of the molecule is CC1c2c(cccc2C(C)(C)C)-c2ccc3c4c2C1c1cc2c(cc1N4c1cc(N(c4ccc(C(C)(C)C)cc4)c4ccc(C(C)(C)C)cc4)cc4c1B3c1cc3c(cc1N4c1ccc4c(c1)C(C)(C)CCC4(C)C)C(C)(C)CCC3(C)C)C(C)(C)CCC2(C)C. The zero-order chi connectivity index (χ0) is 64.8. The summed E-state index contributed by atoms with van der Waals surface area (Å²) < 4.78 is 0. The van der Waals surface area contributed by atoms with Gasteiger partial charge in [-0.2, -0.15) is 0 Å². The Morgan fingerprint density at radius 2 is 0.857 bits per heavy atom. The Balaban J connectivity index is 1.13. The van der Waals surface area contributed by atoms with Crippen molar-refractivity contribution in [3.63, 3.8) is 0 Å². The second kappa shape index (κ2) is 19.2. The lowest BCUT2D eigenvalue weighted by atomic mass is 9.32. The predicted octanol–water partition coefficient (Wildman–Crippen LogP) is 22.4. The van der Waals surface area contributed by atoms with Crippen LogP contribution in [0.5, 0.6) is 0 Å². The second-order valence-corrected chi connectivity index (χ2v) is 36.6. The summed E-state index contributed by atoms with van der Waals surface area (Å²) in [5.74, 6) is 0.379. The van der Waals surface area contributed by atoms with Gasteiger partial charge in [0, 0.05) is 45.7 Å². The molecule has 15 rings (SSSR count). The Labute approximate surface area is 548 Å². The molecule has 0 fully saturated rings. The Kier molecular flexibility index (Phi) is 12.8. The third-order valence-electron chi connectivity index (χ3n) is 24.6. The smallest absolute Gasteiger partial charge is 0.252 e. The molecular weight excluding hydrogens is 1100 g/mol. The minimum absolute atomic E-state index is 0.000418. The summed E-state index contributed by atoms with van der Waals surface area (Å²) in [5.41, 5.74) is 36.3. The summed E-state index contributed by atoms with van der Waals surface area (Å²) in [7, 11) is 0. The van der Waals surface area contributed by atoms with Crippen molar-refractivity contribution in [1.82, 2.24) is 0 Å². The third-order valence-corrected chi connectivity index (χ3v) is 24.6. The standard InChI is InChI=1S/C87H102BN3/c1-51-74-58(24-23-25-62(74)81(8,9)10)59-35-37-68-78-76(59)75(51)60-47-64-66(86(19,20)42-40-84(64,15)16)49-70(60)91(78)73-46-57(89(54-30-26-52(27-31-54)79(2,3)4)55-32-28-53(29-33-55)80(5,6)7)45-72-77(73)88(68)69-48-65-67(87(21,22)43-41-85(65,17)18)50-71(69)90(72)56-34-36-61-63(44-56)83(13,14)39-38-82(61,11)12/h23-37,44-51,75H,38-43H2,1-22H3. The number of nitrogens with zero attached hydrogens (tertiary/aromatic N) is 3. The van der Waals surface area contributed by atoms with Crippen LogP contribution in [-0.2, 0) is 48.7 Å². The van der Waals surface area contributed by atoms with Crippen molar-refractivity contribution in [2.45, 2.75) is 251 Å². The Morgan fingerprint density at radius 1 is 0.396 bits per heavy atom. The van der Waals surface area contributed by atoms with Gasteiger partial charge in [0.05, 0.1) is 11.4 Å². The third kappa shape index (κ3) is 8.91. The number of benzene rings is 8. The van der Waals surface area contributed by atoms with E-state index in [-0.39, 0.29) is 67.3 Å². The molecule has 2 unspecified atom stereocenters. The van der Waals surface area contributed by atoms with E-state index in [1.807, 2.05) is 0 Å². The van der Waals surface area contributed by atoms with E-state index in [1.165, 1.54) is 141 Å². The molecule has 0 bridgehead atoms. The Bertz CT molecular complexity index is 4330. The Morgan fingerprint density at radius 3 is 1.37 bits per heavy atom. The maximum atomic E-state index is 2.87. The van der Waals surface area contributed by atoms with Crippen LogP contribution in [0.1, 0.15) is 269 Å². The molecule has 0 N–H and O–H groups in total. The van der Waals surface area contributed by atoms with Crippen LogP contribution >= 0.6 is 0 Å². The van der Waals surface area contributed by atoms with Crippen molar-refractivity contribution < 1.29 is 0 Å². The molecule has 7 aliphatic rings. The van der Waals surface area contributed by atoms with E-state index in [1.54, 1.807) is 0 Å².